The summed E-state index contributed by atoms with van der Waals surface area (Å²) in [4.78, 5) is 0. The largest absolute Gasteiger partial charge is 0.390 e. The van der Waals surface area contributed by atoms with E-state index in [1.807, 2.05) is 20.8 Å². The number of aliphatic hydroxyl groups is 1. The highest BCUT2D eigenvalue weighted by atomic mass is 19.1. The molecule has 1 N–H and O–H groups in total. The van der Waals surface area contributed by atoms with Crippen molar-refractivity contribution < 1.29 is 14.2 Å². The summed E-state index contributed by atoms with van der Waals surface area (Å²) in [5.74, 6) is -0.270. The van der Waals surface area contributed by atoms with E-state index in [4.69, 9.17) is 4.74 Å². The van der Waals surface area contributed by atoms with Crippen molar-refractivity contribution >= 4 is 0 Å². The van der Waals surface area contributed by atoms with E-state index in [0.29, 0.717) is 12.8 Å². The second-order valence-electron chi connectivity index (χ2n) is 4.66. The molecular formula is C14H21FO2. The third-order valence-corrected chi connectivity index (χ3v) is 3.60. The molecule has 0 aliphatic heterocycles. The quantitative estimate of drug-likeness (QED) is 0.857. The van der Waals surface area contributed by atoms with E-state index >= 15 is 0 Å². The molecule has 0 heterocycles. The van der Waals surface area contributed by atoms with Gasteiger partial charge in [-0.25, -0.2) is 4.39 Å². The topological polar surface area (TPSA) is 29.5 Å². The fraction of sp³-hybridized carbons (Fsp3) is 0.571. The first-order valence-electron chi connectivity index (χ1n) is 5.91. The van der Waals surface area contributed by atoms with Crippen LogP contribution in [0, 0.1) is 12.7 Å². The smallest absolute Gasteiger partial charge is 0.123 e. The van der Waals surface area contributed by atoms with Gasteiger partial charge < -0.3 is 9.84 Å². The van der Waals surface area contributed by atoms with Crippen molar-refractivity contribution in [3.63, 3.8) is 0 Å². The van der Waals surface area contributed by atoms with Crippen LogP contribution >= 0.6 is 0 Å². The number of hydrogen-bond donors (Lipinski definition) is 1. The number of benzene rings is 1. The first kappa shape index (κ1) is 14.1. The van der Waals surface area contributed by atoms with Gasteiger partial charge in [-0.15, -0.1) is 0 Å². The average molecular weight is 240 g/mol. The van der Waals surface area contributed by atoms with E-state index in [0.717, 1.165) is 11.1 Å². The molecule has 1 rings (SSSR count). The Bertz CT molecular complexity index is 372. The van der Waals surface area contributed by atoms with Gasteiger partial charge in [0.15, 0.2) is 0 Å². The van der Waals surface area contributed by atoms with Crippen molar-refractivity contribution in [2.75, 3.05) is 7.11 Å². The predicted molar refractivity (Wildman–Crippen MR) is 66.6 cm³/mol. The Morgan fingerprint density at radius 3 is 2.65 bits per heavy atom. The Morgan fingerprint density at radius 2 is 2.12 bits per heavy atom. The molecule has 17 heavy (non-hydrogen) atoms. The Balaban J connectivity index is 2.87. The van der Waals surface area contributed by atoms with Crippen LogP contribution in [0.1, 0.15) is 31.4 Å². The lowest BCUT2D eigenvalue weighted by Gasteiger charge is -2.32. The maximum absolute atomic E-state index is 13.1. The molecule has 0 saturated heterocycles. The van der Waals surface area contributed by atoms with E-state index in [9.17, 15) is 9.50 Å². The van der Waals surface area contributed by atoms with Crippen molar-refractivity contribution in [3.8, 4) is 0 Å². The van der Waals surface area contributed by atoms with Crippen LogP contribution < -0.4 is 0 Å². The molecule has 2 unspecified atom stereocenters. The molecule has 0 aliphatic rings. The summed E-state index contributed by atoms with van der Waals surface area (Å²) in [6, 6.07) is 4.64. The second kappa shape index (κ2) is 5.61. The minimum atomic E-state index is -0.641. The molecule has 2 atom stereocenters. The molecule has 96 valence electrons. The van der Waals surface area contributed by atoms with E-state index in [1.54, 1.807) is 13.2 Å². The summed E-state index contributed by atoms with van der Waals surface area (Å²) in [5.41, 5.74) is 1.23. The lowest BCUT2D eigenvalue weighted by molar-refractivity contribution is -0.0915. The Morgan fingerprint density at radius 1 is 1.47 bits per heavy atom. The van der Waals surface area contributed by atoms with Gasteiger partial charge in [-0.05, 0) is 43.5 Å². The van der Waals surface area contributed by atoms with Crippen LogP contribution in [0.5, 0.6) is 0 Å². The number of aryl methyl sites for hydroxylation is 1. The molecule has 0 saturated carbocycles. The molecule has 0 amide bonds. The number of methoxy groups -OCH3 is 1. The molecule has 0 fully saturated rings. The van der Waals surface area contributed by atoms with Gasteiger partial charge in [-0.1, -0.05) is 13.0 Å². The molecule has 0 aliphatic carbocycles. The van der Waals surface area contributed by atoms with Gasteiger partial charge in [0.1, 0.15) is 5.82 Å². The van der Waals surface area contributed by atoms with E-state index in [2.05, 4.69) is 0 Å². The molecular weight excluding hydrogens is 219 g/mol. The molecule has 2 nitrogen and oxygen atoms in total. The van der Waals surface area contributed by atoms with Gasteiger partial charge in [-0.3, -0.25) is 0 Å². The zero-order chi connectivity index (χ0) is 13.1. The van der Waals surface area contributed by atoms with Crippen LogP contribution in [0.3, 0.4) is 0 Å². The lowest BCUT2D eigenvalue weighted by Crippen LogP contribution is -2.42. The third-order valence-electron chi connectivity index (χ3n) is 3.60. The number of aliphatic hydroxyl groups excluding tert-OH is 1. The molecule has 1 aromatic rings. The van der Waals surface area contributed by atoms with Gasteiger partial charge in [-0.2, -0.15) is 0 Å². The normalized spacial score (nSPS) is 16.6. The van der Waals surface area contributed by atoms with Crippen molar-refractivity contribution in [3.05, 3.63) is 35.1 Å². The number of rotatable bonds is 5. The Hall–Kier alpha value is -0.930. The monoisotopic (exact) mass is 240 g/mol. The summed E-state index contributed by atoms with van der Waals surface area (Å²) in [7, 11) is 1.59. The Labute approximate surface area is 102 Å². The fourth-order valence-electron chi connectivity index (χ4n) is 1.80. The van der Waals surface area contributed by atoms with Gasteiger partial charge in [0.05, 0.1) is 11.7 Å². The minimum Gasteiger partial charge on any atom is -0.390 e. The summed E-state index contributed by atoms with van der Waals surface area (Å²) >= 11 is 0. The van der Waals surface area contributed by atoms with E-state index < -0.39 is 11.7 Å². The van der Waals surface area contributed by atoms with Gasteiger partial charge in [0, 0.05) is 13.5 Å². The molecule has 0 aromatic heterocycles. The molecule has 0 radical (unpaired) electrons. The summed E-state index contributed by atoms with van der Waals surface area (Å²) in [6.45, 7) is 5.75. The van der Waals surface area contributed by atoms with Crippen LogP contribution in [0.15, 0.2) is 18.2 Å². The maximum atomic E-state index is 13.1. The summed E-state index contributed by atoms with van der Waals surface area (Å²) < 4.78 is 18.5. The van der Waals surface area contributed by atoms with Crippen LogP contribution in [-0.2, 0) is 11.2 Å². The van der Waals surface area contributed by atoms with Gasteiger partial charge in [0.25, 0.3) is 0 Å². The molecule has 0 spiro atoms. The third kappa shape index (κ3) is 3.27. The van der Waals surface area contributed by atoms with Crippen LogP contribution in [-0.4, -0.2) is 23.9 Å². The molecule has 3 heteroatoms. The minimum absolute atomic E-state index is 0.270. The zero-order valence-corrected chi connectivity index (χ0v) is 11.0. The standard InChI is InChI=1S/C14H21FO2/c1-5-14(3,17-4)13(16)9-11-8-12(15)7-6-10(11)2/h6-8,13,16H,5,9H2,1-4H3. The van der Waals surface area contributed by atoms with Crippen molar-refractivity contribution in [1.29, 1.82) is 0 Å². The van der Waals surface area contributed by atoms with Gasteiger partial charge in [0.2, 0.25) is 0 Å². The highest BCUT2D eigenvalue weighted by Crippen LogP contribution is 2.23. The van der Waals surface area contributed by atoms with Crippen LogP contribution in [0.25, 0.3) is 0 Å². The SMILES string of the molecule is CCC(C)(OC)C(O)Cc1cc(F)ccc1C. The molecule has 0 bridgehead atoms. The number of hydrogen-bond acceptors (Lipinski definition) is 2. The number of halogens is 1. The average Bonchev–Trinajstić information content (AvgIpc) is 2.32. The van der Waals surface area contributed by atoms with Crippen molar-refractivity contribution in [2.45, 2.75) is 45.3 Å². The van der Waals surface area contributed by atoms with Crippen molar-refractivity contribution in [1.82, 2.24) is 0 Å². The van der Waals surface area contributed by atoms with Gasteiger partial charge >= 0.3 is 0 Å². The fourth-order valence-corrected chi connectivity index (χ4v) is 1.80. The first-order chi connectivity index (χ1) is 7.92. The molecule has 1 aromatic carbocycles. The summed E-state index contributed by atoms with van der Waals surface area (Å²) in [6.07, 6.45) is 0.471. The summed E-state index contributed by atoms with van der Waals surface area (Å²) in [5, 5.41) is 10.2. The number of ether oxygens (including phenoxy) is 1. The van der Waals surface area contributed by atoms with Crippen LogP contribution in [0.2, 0.25) is 0 Å². The maximum Gasteiger partial charge on any atom is 0.123 e. The first-order valence-corrected chi connectivity index (χ1v) is 5.91. The Kier molecular flexibility index (Phi) is 4.66. The highest BCUT2D eigenvalue weighted by Gasteiger charge is 2.31. The second-order valence-corrected chi connectivity index (χ2v) is 4.66. The lowest BCUT2D eigenvalue weighted by atomic mass is 9.89. The van der Waals surface area contributed by atoms with Crippen molar-refractivity contribution in [2.24, 2.45) is 0 Å². The van der Waals surface area contributed by atoms with Crippen LogP contribution in [0.4, 0.5) is 4.39 Å². The van der Waals surface area contributed by atoms with E-state index in [1.165, 1.54) is 12.1 Å². The predicted octanol–water partition coefficient (Wildman–Crippen LogP) is 2.85. The highest BCUT2D eigenvalue weighted by molar-refractivity contribution is 5.27. The zero-order valence-electron chi connectivity index (χ0n) is 11.0. The van der Waals surface area contributed by atoms with E-state index in [-0.39, 0.29) is 5.82 Å².